The summed E-state index contributed by atoms with van der Waals surface area (Å²) < 4.78 is 0. The lowest BCUT2D eigenvalue weighted by Crippen LogP contribution is -2.32. The van der Waals surface area contributed by atoms with Gasteiger partial charge in [0.15, 0.2) is 0 Å². The maximum atomic E-state index is 6.74. The summed E-state index contributed by atoms with van der Waals surface area (Å²) in [6.45, 7) is 4.50. The van der Waals surface area contributed by atoms with E-state index in [0.29, 0.717) is 0 Å². The highest BCUT2D eigenvalue weighted by atomic mass is 14.9. The van der Waals surface area contributed by atoms with Gasteiger partial charge in [0.25, 0.3) is 0 Å². The number of nitrogens with two attached hydrogens (primary N) is 1. The van der Waals surface area contributed by atoms with Crippen LogP contribution in [-0.2, 0) is 5.41 Å². The first-order valence-corrected chi connectivity index (χ1v) is 9.68. The Balaban J connectivity index is 1.82. The Morgan fingerprint density at radius 1 is 0.731 bits per heavy atom. The van der Waals surface area contributed by atoms with Crippen LogP contribution in [0.5, 0.6) is 0 Å². The molecular weight excluding hydrogens is 314 g/mol. The van der Waals surface area contributed by atoms with Gasteiger partial charge in [-0.1, -0.05) is 86.6 Å². The van der Waals surface area contributed by atoms with E-state index < -0.39 is 0 Å². The molecular formula is C25H27N. The first kappa shape index (κ1) is 17.1. The molecule has 0 aromatic heterocycles. The van der Waals surface area contributed by atoms with Crippen molar-refractivity contribution < 1.29 is 0 Å². The number of hydrogen-bond donors (Lipinski definition) is 1. The molecule has 4 rings (SSSR count). The van der Waals surface area contributed by atoms with Gasteiger partial charge in [0, 0.05) is 11.0 Å². The molecule has 132 valence electrons. The van der Waals surface area contributed by atoms with E-state index in [0.717, 1.165) is 19.3 Å². The van der Waals surface area contributed by atoms with Crippen LogP contribution in [0.15, 0.2) is 78.9 Å². The summed E-state index contributed by atoms with van der Waals surface area (Å²) in [5.74, 6) is 0. The normalized spacial score (nSPS) is 24.4. The van der Waals surface area contributed by atoms with Crippen molar-refractivity contribution in [3.05, 3.63) is 84.4 Å². The molecule has 0 spiro atoms. The highest BCUT2D eigenvalue weighted by molar-refractivity contribution is 5.76. The molecule has 1 fully saturated rings. The maximum absolute atomic E-state index is 6.74. The highest BCUT2D eigenvalue weighted by Crippen LogP contribution is 2.61. The zero-order chi connectivity index (χ0) is 18.2. The number of rotatable bonds is 5. The molecule has 0 heterocycles. The standard InChI is InChI=1S/C25H27N/c1-3-24(18-25(24,26)4-2)23-16-9-8-15-22(23)21-14-10-13-20(17-21)19-11-6-5-7-12-19/h5-17H,3-4,18,26H2,1-2H3. The van der Waals surface area contributed by atoms with Crippen molar-refractivity contribution in [2.24, 2.45) is 5.73 Å². The van der Waals surface area contributed by atoms with E-state index in [9.17, 15) is 0 Å². The predicted octanol–water partition coefficient (Wildman–Crippen LogP) is 6.18. The van der Waals surface area contributed by atoms with Crippen molar-refractivity contribution in [3.8, 4) is 22.3 Å². The Bertz CT molecular complexity index is 914. The fourth-order valence-corrected chi connectivity index (χ4v) is 4.64. The number of hydrogen-bond acceptors (Lipinski definition) is 1. The molecule has 2 unspecified atom stereocenters. The van der Waals surface area contributed by atoms with E-state index in [4.69, 9.17) is 5.73 Å². The predicted molar refractivity (Wildman–Crippen MR) is 111 cm³/mol. The maximum Gasteiger partial charge on any atom is 0.0259 e. The summed E-state index contributed by atoms with van der Waals surface area (Å²) in [5.41, 5.74) is 13.3. The summed E-state index contributed by atoms with van der Waals surface area (Å²) in [6.07, 6.45) is 3.20. The minimum atomic E-state index is -0.0606. The molecule has 1 nitrogen and oxygen atoms in total. The van der Waals surface area contributed by atoms with Gasteiger partial charge < -0.3 is 5.73 Å². The SMILES string of the molecule is CCC1(N)CC1(CC)c1ccccc1-c1cccc(-c2ccccc2)c1. The molecule has 1 aliphatic carbocycles. The van der Waals surface area contributed by atoms with E-state index in [-0.39, 0.29) is 11.0 Å². The Morgan fingerprint density at radius 2 is 1.38 bits per heavy atom. The zero-order valence-electron chi connectivity index (χ0n) is 15.7. The molecule has 2 N–H and O–H groups in total. The first-order valence-electron chi connectivity index (χ1n) is 9.68. The van der Waals surface area contributed by atoms with Crippen molar-refractivity contribution in [2.75, 3.05) is 0 Å². The molecule has 3 aromatic carbocycles. The molecule has 0 amide bonds. The van der Waals surface area contributed by atoms with Gasteiger partial charge in [-0.05, 0) is 53.1 Å². The Morgan fingerprint density at radius 3 is 2.08 bits per heavy atom. The van der Waals surface area contributed by atoms with Crippen LogP contribution in [0.3, 0.4) is 0 Å². The first-order chi connectivity index (χ1) is 12.6. The van der Waals surface area contributed by atoms with Crippen molar-refractivity contribution >= 4 is 0 Å². The van der Waals surface area contributed by atoms with Crippen molar-refractivity contribution in [3.63, 3.8) is 0 Å². The fourth-order valence-electron chi connectivity index (χ4n) is 4.64. The molecule has 3 aromatic rings. The Labute approximate surface area is 156 Å². The van der Waals surface area contributed by atoms with Gasteiger partial charge >= 0.3 is 0 Å². The second kappa shape index (κ2) is 6.41. The molecule has 1 heteroatoms. The second-order valence-corrected chi connectivity index (χ2v) is 7.61. The lowest BCUT2D eigenvalue weighted by molar-refractivity contribution is 0.504. The largest absolute Gasteiger partial charge is 0.324 e. The van der Waals surface area contributed by atoms with Gasteiger partial charge in [-0.3, -0.25) is 0 Å². The summed E-state index contributed by atoms with van der Waals surface area (Å²) in [4.78, 5) is 0. The summed E-state index contributed by atoms with van der Waals surface area (Å²) in [6, 6.07) is 28.3. The summed E-state index contributed by atoms with van der Waals surface area (Å²) in [7, 11) is 0. The Kier molecular flexibility index (Phi) is 4.20. The smallest absolute Gasteiger partial charge is 0.0259 e. The molecule has 1 aliphatic rings. The fraction of sp³-hybridized carbons (Fsp3) is 0.280. The third kappa shape index (κ3) is 2.59. The zero-order valence-corrected chi connectivity index (χ0v) is 15.7. The van der Waals surface area contributed by atoms with Gasteiger partial charge in [0.2, 0.25) is 0 Å². The average Bonchev–Trinajstić information content (AvgIpc) is 3.35. The van der Waals surface area contributed by atoms with E-state index in [1.54, 1.807) is 0 Å². The van der Waals surface area contributed by atoms with Crippen LogP contribution in [0.1, 0.15) is 38.7 Å². The van der Waals surface area contributed by atoms with Crippen LogP contribution in [0.25, 0.3) is 22.3 Å². The molecule has 1 saturated carbocycles. The molecule has 0 saturated heterocycles. The van der Waals surface area contributed by atoms with Crippen LogP contribution >= 0.6 is 0 Å². The lowest BCUT2D eigenvalue weighted by atomic mass is 9.82. The van der Waals surface area contributed by atoms with Gasteiger partial charge in [-0.15, -0.1) is 0 Å². The molecule has 0 bridgehead atoms. The van der Waals surface area contributed by atoms with E-state index in [2.05, 4.69) is 92.7 Å². The minimum Gasteiger partial charge on any atom is -0.324 e. The van der Waals surface area contributed by atoms with E-state index >= 15 is 0 Å². The summed E-state index contributed by atoms with van der Waals surface area (Å²) >= 11 is 0. The quantitative estimate of drug-likeness (QED) is 0.589. The van der Waals surface area contributed by atoms with Crippen LogP contribution in [0.2, 0.25) is 0 Å². The van der Waals surface area contributed by atoms with Crippen molar-refractivity contribution in [1.82, 2.24) is 0 Å². The third-order valence-electron chi connectivity index (χ3n) is 6.40. The molecule has 2 atom stereocenters. The number of benzene rings is 3. The van der Waals surface area contributed by atoms with Crippen LogP contribution in [0.4, 0.5) is 0 Å². The highest BCUT2D eigenvalue weighted by Gasteiger charge is 2.63. The van der Waals surface area contributed by atoms with Crippen LogP contribution in [-0.4, -0.2) is 5.54 Å². The minimum absolute atomic E-state index is 0.0606. The van der Waals surface area contributed by atoms with Gasteiger partial charge in [-0.25, -0.2) is 0 Å². The molecule has 26 heavy (non-hydrogen) atoms. The lowest BCUT2D eigenvalue weighted by Gasteiger charge is -2.24. The molecule has 0 aliphatic heterocycles. The van der Waals surface area contributed by atoms with Gasteiger partial charge in [-0.2, -0.15) is 0 Å². The van der Waals surface area contributed by atoms with Gasteiger partial charge in [0.05, 0.1) is 0 Å². The van der Waals surface area contributed by atoms with Crippen LogP contribution in [0, 0.1) is 0 Å². The van der Waals surface area contributed by atoms with Crippen molar-refractivity contribution in [1.29, 1.82) is 0 Å². The monoisotopic (exact) mass is 341 g/mol. The van der Waals surface area contributed by atoms with E-state index in [1.165, 1.54) is 27.8 Å². The second-order valence-electron chi connectivity index (χ2n) is 7.61. The van der Waals surface area contributed by atoms with Crippen LogP contribution < -0.4 is 5.73 Å². The van der Waals surface area contributed by atoms with Gasteiger partial charge in [0.1, 0.15) is 0 Å². The van der Waals surface area contributed by atoms with Crippen molar-refractivity contribution in [2.45, 2.75) is 44.1 Å². The average molecular weight is 341 g/mol. The Hall–Kier alpha value is -2.38. The summed E-state index contributed by atoms with van der Waals surface area (Å²) in [5, 5.41) is 0. The van der Waals surface area contributed by atoms with E-state index in [1.807, 2.05) is 0 Å². The topological polar surface area (TPSA) is 26.0 Å². The molecule has 0 radical (unpaired) electrons. The third-order valence-corrected chi connectivity index (χ3v) is 6.40.